The zero-order valence-electron chi connectivity index (χ0n) is 17.5. The Balaban J connectivity index is 1.61. The SMILES string of the molecule is O=C(O)CCCOc1ccccc1NC(=O)c1cc(-c2ccccc2)c2cccccc1-2. The Morgan fingerprint density at radius 1 is 0.781 bits per heavy atom. The molecule has 0 spiro atoms. The first kappa shape index (κ1) is 21.1. The summed E-state index contributed by atoms with van der Waals surface area (Å²) >= 11 is 0. The fourth-order valence-corrected chi connectivity index (χ4v) is 3.65. The number of para-hydroxylation sites is 2. The zero-order valence-corrected chi connectivity index (χ0v) is 17.5. The van der Waals surface area contributed by atoms with Crippen molar-refractivity contribution in [3.63, 3.8) is 0 Å². The fourth-order valence-electron chi connectivity index (χ4n) is 3.65. The van der Waals surface area contributed by atoms with Crippen LogP contribution in [-0.4, -0.2) is 23.6 Å². The highest BCUT2D eigenvalue weighted by Gasteiger charge is 2.21. The second-order valence-electron chi connectivity index (χ2n) is 7.37. The molecule has 5 heteroatoms. The fraction of sp³-hybridized carbons (Fsp3) is 0.111. The monoisotopic (exact) mass is 425 g/mol. The molecule has 4 rings (SSSR count). The van der Waals surface area contributed by atoms with Crippen molar-refractivity contribution < 1.29 is 19.4 Å². The number of rotatable bonds is 8. The van der Waals surface area contributed by atoms with Gasteiger partial charge in [-0.2, -0.15) is 0 Å². The van der Waals surface area contributed by atoms with Gasteiger partial charge in [0.1, 0.15) is 5.75 Å². The lowest BCUT2D eigenvalue weighted by Crippen LogP contribution is -2.13. The van der Waals surface area contributed by atoms with Crippen LogP contribution in [0.1, 0.15) is 23.2 Å². The van der Waals surface area contributed by atoms with E-state index in [0.29, 0.717) is 23.4 Å². The molecule has 0 fully saturated rings. The molecule has 0 heterocycles. The van der Waals surface area contributed by atoms with Crippen molar-refractivity contribution in [2.24, 2.45) is 0 Å². The summed E-state index contributed by atoms with van der Waals surface area (Å²) in [7, 11) is 0. The molecule has 2 aromatic carbocycles. The predicted octanol–water partition coefficient (Wildman–Crippen LogP) is 5.95. The highest BCUT2D eigenvalue weighted by molar-refractivity contribution is 6.12. The summed E-state index contributed by atoms with van der Waals surface area (Å²) in [4.78, 5) is 24.0. The van der Waals surface area contributed by atoms with E-state index in [1.54, 1.807) is 12.1 Å². The predicted molar refractivity (Wildman–Crippen MR) is 125 cm³/mol. The highest BCUT2D eigenvalue weighted by atomic mass is 16.5. The lowest BCUT2D eigenvalue weighted by atomic mass is 10.0. The van der Waals surface area contributed by atoms with Gasteiger partial charge in [-0.25, -0.2) is 0 Å². The van der Waals surface area contributed by atoms with Crippen LogP contribution in [-0.2, 0) is 4.79 Å². The van der Waals surface area contributed by atoms with Crippen molar-refractivity contribution in [1.29, 1.82) is 0 Å². The summed E-state index contributed by atoms with van der Waals surface area (Å²) in [6.45, 7) is 0.256. The molecule has 32 heavy (non-hydrogen) atoms. The second-order valence-corrected chi connectivity index (χ2v) is 7.37. The van der Waals surface area contributed by atoms with E-state index >= 15 is 0 Å². The molecule has 160 valence electrons. The molecule has 5 nitrogen and oxygen atoms in total. The Labute approximate surface area is 186 Å². The first-order valence-electron chi connectivity index (χ1n) is 10.5. The molecule has 2 aliphatic carbocycles. The number of amides is 1. The Morgan fingerprint density at radius 2 is 1.44 bits per heavy atom. The molecule has 1 amide bonds. The number of benzene rings is 2. The largest absolute Gasteiger partial charge is 0.491 e. The molecular formula is C27H23NO4. The van der Waals surface area contributed by atoms with Crippen LogP contribution in [0.2, 0.25) is 0 Å². The molecule has 0 atom stereocenters. The molecule has 0 aliphatic heterocycles. The molecular weight excluding hydrogens is 402 g/mol. The third-order valence-corrected chi connectivity index (χ3v) is 5.16. The maximum Gasteiger partial charge on any atom is 0.303 e. The van der Waals surface area contributed by atoms with Crippen LogP contribution in [0.25, 0.3) is 22.3 Å². The normalized spacial score (nSPS) is 10.6. The number of nitrogens with one attached hydrogen (secondary N) is 1. The van der Waals surface area contributed by atoms with Crippen molar-refractivity contribution in [3.8, 4) is 28.0 Å². The Hall–Kier alpha value is -4.12. The molecule has 2 N–H and O–H groups in total. The lowest BCUT2D eigenvalue weighted by molar-refractivity contribution is -0.137. The maximum absolute atomic E-state index is 13.3. The van der Waals surface area contributed by atoms with Gasteiger partial charge < -0.3 is 15.2 Å². The van der Waals surface area contributed by atoms with Crippen LogP contribution >= 0.6 is 0 Å². The average molecular weight is 425 g/mol. The van der Waals surface area contributed by atoms with Gasteiger partial charge in [-0.15, -0.1) is 0 Å². The van der Waals surface area contributed by atoms with Crippen LogP contribution < -0.4 is 10.1 Å². The van der Waals surface area contributed by atoms with Gasteiger partial charge in [-0.3, -0.25) is 9.59 Å². The molecule has 2 aliphatic rings. The Kier molecular flexibility index (Phi) is 6.46. The van der Waals surface area contributed by atoms with Gasteiger partial charge in [-0.1, -0.05) is 72.8 Å². The summed E-state index contributed by atoms with van der Waals surface area (Å²) in [6.07, 6.45) is 0.426. The van der Waals surface area contributed by atoms with Gasteiger partial charge in [-0.05, 0) is 46.9 Å². The summed E-state index contributed by atoms with van der Waals surface area (Å²) < 4.78 is 5.72. The minimum absolute atomic E-state index is 0.0350. The topological polar surface area (TPSA) is 75.6 Å². The first-order valence-corrected chi connectivity index (χ1v) is 10.5. The number of fused-ring (bicyclic) bond motifs is 1. The number of carbonyl (C=O) groups excluding carboxylic acids is 1. The quantitative estimate of drug-likeness (QED) is 0.342. The van der Waals surface area contributed by atoms with Gasteiger partial charge in [0, 0.05) is 12.0 Å². The van der Waals surface area contributed by atoms with Crippen molar-refractivity contribution in [2.45, 2.75) is 12.8 Å². The number of hydrogen-bond donors (Lipinski definition) is 2. The van der Waals surface area contributed by atoms with Crippen molar-refractivity contribution in [2.75, 3.05) is 11.9 Å². The van der Waals surface area contributed by atoms with Gasteiger partial charge >= 0.3 is 5.97 Å². The van der Waals surface area contributed by atoms with Gasteiger partial charge in [0.05, 0.1) is 12.3 Å². The van der Waals surface area contributed by atoms with Gasteiger partial charge in [0.2, 0.25) is 0 Å². The van der Waals surface area contributed by atoms with E-state index in [-0.39, 0.29) is 18.9 Å². The summed E-state index contributed by atoms with van der Waals surface area (Å²) in [5, 5.41) is 11.7. The van der Waals surface area contributed by atoms with Gasteiger partial charge in [0.25, 0.3) is 5.91 Å². The number of aliphatic carboxylic acids is 1. The molecule has 2 aromatic rings. The Bertz CT molecular complexity index is 1200. The third-order valence-electron chi connectivity index (χ3n) is 5.16. The number of carboxylic acid groups (broad SMARTS) is 1. The lowest BCUT2D eigenvalue weighted by Gasteiger charge is -2.12. The van der Waals surface area contributed by atoms with E-state index in [0.717, 1.165) is 22.3 Å². The summed E-state index contributed by atoms with van der Waals surface area (Å²) in [5.41, 5.74) is 5.04. The van der Waals surface area contributed by atoms with E-state index in [1.807, 2.05) is 78.9 Å². The van der Waals surface area contributed by atoms with E-state index in [2.05, 4.69) is 5.32 Å². The smallest absolute Gasteiger partial charge is 0.303 e. The molecule has 0 saturated carbocycles. The minimum atomic E-state index is -0.861. The molecule has 0 unspecified atom stereocenters. The number of hydrogen-bond acceptors (Lipinski definition) is 3. The zero-order chi connectivity index (χ0) is 22.3. The summed E-state index contributed by atoms with van der Waals surface area (Å²) in [6, 6.07) is 28.9. The van der Waals surface area contributed by atoms with Crippen molar-refractivity contribution in [3.05, 3.63) is 96.6 Å². The number of anilines is 1. The van der Waals surface area contributed by atoms with Crippen LogP contribution in [0.4, 0.5) is 5.69 Å². The highest BCUT2D eigenvalue weighted by Crippen LogP contribution is 2.39. The molecule has 0 aromatic heterocycles. The molecule has 0 radical (unpaired) electrons. The standard InChI is InChI=1S/C27H23NO4/c29-26(30)16-9-17-32-25-15-8-7-14-24(25)28-27(31)23-18-22(19-10-3-1-4-11-19)20-12-5-2-6-13-21(20)23/h1-8,10-15,18H,9,16-17H2,(H,28,31)(H,29,30). The van der Waals surface area contributed by atoms with Crippen molar-refractivity contribution >= 4 is 17.6 Å². The van der Waals surface area contributed by atoms with Crippen LogP contribution in [0.5, 0.6) is 5.75 Å². The van der Waals surface area contributed by atoms with Gasteiger partial charge in [0.15, 0.2) is 0 Å². The van der Waals surface area contributed by atoms with Crippen LogP contribution in [0, 0.1) is 0 Å². The Morgan fingerprint density at radius 3 is 2.19 bits per heavy atom. The van der Waals surface area contributed by atoms with E-state index in [9.17, 15) is 9.59 Å². The number of carboxylic acids is 1. The summed E-state index contributed by atoms with van der Waals surface area (Å²) in [5.74, 6) is -0.582. The van der Waals surface area contributed by atoms with E-state index in [1.165, 1.54) is 0 Å². The van der Waals surface area contributed by atoms with Crippen LogP contribution in [0.3, 0.4) is 0 Å². The number of ether oxygens (including phenoxy) is 1. The average Bonchev–Trinajstić information content (AvgIpc) is 2.99. The third kappa shape index (κ3) is 4.78. The second kappa shape index (κ2) is 9.79. The molecule has 0 saturated heterocycles. The van der Waals surface area contributed by atoms with E-state index in [4.69, 9.17) is 9.84 Å². The minimum Gasteiger partial charge on any atom is -0.491 e. The molecule has 0 bridgehead atoms. The first-order chi connectivity index (χ1) is 15.6. The maximum atomic E-state index is 13.3. The van der Waals surface area contributed by atoms with Crippen LogP contribution in [0.15, 0.2) is 91.0 Å². The van der Waals surface area contributed by atoms with E-state index < -0.39 is 5.97 Å². The van der Waals surface area contributed by atoms with Crippen molar-refractivity contribution in [1.82, 2.24) is 0 Å². The number of carbonyl (C=O) groups is 2.